The minimum absolute atomic E-state index is 0.139. The molecule has 1 saturated heterocycles. The van der Waals surface area contributed by atoms with Gasteiger partial charge in [-0.05, 0) is 0 Å². The first-order chi connectivity index (χ1) is 6.94. The Hall–Kier alpha value is -1.63. The second kappa shape index (κ2) is 4.26. The molecule has 0 spiro atoms. The molecule has 0 saturated carbocycles. The van der Waals surface area contributed by atoms with Crippen LogP contribution in [0.4, 0.5) is 0 Å². The summed E-state index contributed by atoms with van der Waals surface area (Å²) in [4.78, 5) is 32.7. The van der Waals surface area contributed by atoms with E-state index in [2.05, 4.69) is 9.47 Å². The average molecular weight is 218 g/mol. The normalized spacial score (nSPS) is 21.7. The quantitative estimate of drug-likeness (QED) is 0.525. The lowest BCUT2D eigenvalue weighted by atomic mass is 9.96. The van der Waals surface area contributed by atoms with Crippen LogP contribution in [0.15, 0.2) is 0 Å². The van der Waals surface area contributed by atoms with E-state index >= 15 is 0 Å². The summed E-state index contributed by atoms with van der Waals surface area (Å²) in [5, 5.41) is 18.2. The number of hydrogen-bond acceptors (Lipinski definition) is 6. The van der Waals surface area contributed by atoms with E-state index in [0.29, 0.717) is 0 Å². The zero-order valence-electron chi connectivity index (χ0n) is 7.76. The van der Waals surface area contributed by atoms with E-state index in [0.717, 1.165) is 0 Å². The maximum absolute atomic E-state index is 11.0. The Balaban J connectivity index is 2.85. The molecule has 0 amide bonds. The fourth-order valence-corrected chi connectivity index (χ4v) is 1.10. The van der Waals surface area contributed by atoms with Crippen molar-refractivity contribution in [2.45, 2.75) is 18.4 Å². The number of aliphatic hydroxyl groups is 1. The average Bonchev–Trinajstić information content (AvgIpc) is 2.16. The molecule has 0 radical (unpaired) electrons. The fourth-order valence-electron chi connectivity index (χ4n) is 1.10. The standard InChI is InChI=1S/C8H10O7/c9-5-3-8(13,7(11)12)4-6(10)15-2-1-14-5/h13H,1-4H2,(H,11,12). The summed E-state index contributed by atoms with van der Waals surface area (Å²) in [6, 6.07) is 0. The Labute approximate surface area is 84.6 Å². The van der Waals surface area contributed by atoms with Gasteiger partial charge in [0.15, 0.2) is 5.60 Å². The lowest BCUT2D eigenvalue weighted by Crippen LogP contribution is -2.42. The van der Waals surface area contributed by atoms with Crippen LogP contribution < -0.4 is 0 Å². The SMILES string of the molecule is O=C1CC(O)(C(=O)O)CC(=O)OCCO1. The molecule has 7 heteroatoms. The predicted octanol–water partition coefficient (Wildman–Crippen LogP) is -1.32. The van der Waals surface area contributed by atoms with E-state index in [9.17, 15) is 19.5 Å². The van der Waals surface area contributed by atoms with E-state index in [1.807, 2.05) is 0 Å². The molecule has 0 aromatic carbocycles. The number of esters is 2. The third-order valence-electron chi connectivity index (χ3n) is 1.88. The van der Waals surface area contributed by atoms with Crippen LogP contribution in [0, 0.1) is 0 Å². The first kappa shape index (κ1) is 11.4. The van der Waals surface area contributed by atoms with Crippen LogP contribution in [0.1, 0.15) is 12.8 Å². The van der Waals surface area contributed by atoms with Gasteiger partial charge in [-0.1, -0.05) is 0 Å². The van der Waals surface area contributed by atoms with Gasteiger partial charge >= 0.3 is 17.9 Å². The van der Waals surface area contributed by atoms with Crippen LogP contribution in [-0.4, -0.2) is 46.9 Å². The zero-order valence-corrected chi connectivity index (χ0v) is 7.76. The minimum atomic E-state index is -2.45. The van der Waals surface area contributed by atoms with Gasteiger partial charge in [0.2, 0.25) is 0 Å². The van der Waals surface area contributed by atoms with Crippen LogP contribution in [-0.2, 0) is 23.9 Å². The summed E-state index contributed by atoms with van der Waals surface area (Å²) >= 11 is 0. The summed E-state index contributed by atoms with van der Waals surface area (Å²) in [5.41, 5.74) is -2.45. The number of carbonyl (C=O) groups excluding carboxylic acids is 2. The van der Waals surface area contributed by atoms with Crippen molar-refractivity contribution in [3.8, 4) is 0 Å². The number of hydrogen-bond donors (Lipinski definition) is 2. The largest absolute Gasteiger partial charge is 0.479 e. The molecule has 1 fully saturated rings. The summed E-state index contributed by atoms with van der Waals surface area (Å²) in [7, 11) is 0. The maximum atomic E-state index is 11.0. The molecule has 0 unspecified atom stereocenters. The Bertz CT molecular complexity index is 275. The molecule has 0 bridgehead atoms. The van der Waals surface area contributed by atoms with Crippen molar-refractivity contribution >= 4 is 17.9 Å². The Morgan fingerprint density at radius 3 is 1.87 bits per heavy atom. The molecule has 0 aromatic heterocycles. The molecule has 7 nitrogen and oxygen atoms in total. The topological polar surface area (TPSA) is 110 Å². The van der Waals surface area contributed by atoms with Gasteiger partial charge in [0.25, 0.3) is 0 Å². The van der Waals surface area contributed by atoms with Crippen LogP contribution in [0.25, 0.3) is 0 Å². The Morgan fingerprint density at radius 2 is 1.53 bits per heavy atom. The monoisotopic (exact) mass is 218 g/mol. The van der Waals surface area contributed by atoms with Gasteiger partial charge in [-0.2, -0.15) is 0 Å². The van der Waals surface area contributed by atoms with Gasteiger partial charge in [0, 0.05) is 0 Å². The molecule has 1 heterocycles. The number of carbonyl (C=O) groups is 3. The molecule has 1 aliphatic heterocycles. The number of cyclic esters (lactones) is 2. The first-order valence-corrected chi connectivity index (χ1v) is 4.21. The van der Waals surface area contributed by atoms with Gasteiger partial charge < -0.3 is 19.7 Å². The van der Waals surface area contributed by atoms with E-state index in [1.54, 1.807) is 0 Å². The molecule has 15 heavy (non-hydrogen) atoms. The molecule has 0 aliphatic carbocycles. The number of carboxylic acid groups (broad SMARTS) is 1. The highest BCUT2D eigenvalue weighted by Gasteiger charge is 2.42. The van der Waals surface area contributed by atoms with Crippen LogP contribution in [0.2, 0.25) is 0 Å². The molecule has 1 rings (SSSR count). The first-order valence-electron chi connectivity index (χ1n) is 4.21. The predicted molar refractivity (Wildman–Crippen MR) is 43.7 cm³/mol. The molecule has 0 atom stereocenters. The van der Waals surface area contributed by atoms with Crippen LogP contribution in [0.3, 0.4) is 0 Å². The number of carboxylic acids is 1. The lowest BCUT2D eigenvalue weighted by Gasteiger charge is -2.19. The summed E-state index contributed by atoms with van der Waals surface area (Å²) in [6.45, 7) is -0.277. The van der Waals surface area contributed by atoms with E-state index in [-0.39, 0.29) is 13.2 Å². The highest BCUT2D eigenvalue weighted by atomic mass is 16.6. The van der Waals surface area contributed by atoms with Crippen LogP contribution in [0.5, 0.6) is 0 Å². The highest BCUT2D eigenvalue weighted by molar-refractivity contribution is 5.89. The third kappa shape index (κ3) is 2.91. The maximum Gasteiger partial charge on any atom is 0.336 e. The van der Waals surface area contributed by atoms with Crippen molar-refractivity contribution in [2.24, 2.45) is 0 Å². The molecular weight excluding hydrogens is 208 g/mol. The minimum Gasteiger partial charge on any atom is -0.479 e. The lowest BCUT2D eigenvalue weighted by molar-refractivity contribution is -0.170. The van der Waals surface area contributed by atoms with Crippen molar-refractivity contribution in [3.05, 3.63) is 0 Å². The summed E-state index contributed by atoms with van der Waals surface area (Å²) < 4.78 is 9.03. The number of ether oxygens (including phenoxy) is 2. The van der Waals surface area contributed by atoms with E-state index in [4.69, 9.17) is 5.11 Å². The molecular formula is C8H10O7. The third-order valence-corrected chi connectivity index (χ3v) is 1.88. The number of rotatable bonds is 1. The molecule has 2 N–H and O–H groups in total. The number of aliphatic carboxylic acids is 1. The van der Waals surface area contributed by atoms with Crippen molar-refractivity contribution in [1.82, 2.24) is 0 Å². The highest BCUT2D eigenvalue weighted by Crippen LogP contribution is 2.18. The van der Waals surface area contributed by atoms with Crippen molar-refractivity contribution in [3.63, 3.8) is 0 Å². The smallest absolute Gasteiger partial charge is 0.336 e. The van der Waals surface area contributed by atoms with Gasteiger partial charge in [-0.25, -0.2) is 4.79 Å². The molecule has 84 valence electrons. The fraction of sp³-hybridized carbons (Fsp3) is 0.625. The van der Waals surface area contributed by atoms with E-state index in [1.165, 1.54) is 0 Å². The molecule has 0 aromatic rings. The Morgan fingerprint density at radius 1 is 1.13 bits per heavy atom. The summed E-state index contributed by atoms with van der Waals surface area (Å²) in [6.07, 6.45) is -1.53. The zero-order chi connectivity index (χ0) is 11.5. The molecule has 1 aliphatic rings. The van der Waals surface area contributed by atoms with Crippen molar-refractivity contribution in [1.29, 1.82) is 0 Å². The van der Waals surface area contributed by atoms with Gasteiger partial charge in [0.05, 0.1) is 12.8 Å². The second-order valence-corrected chi connectivity index (χ2v) is 3.13. The van der Waals surface area contributed by atoms with Gasteiger partial charge in [-0.15, -0.1) is 0 Å². The van der Waals surface area contributed by atoms with Crippen LogP contribution >= 0.6 is 0 Å². The van der Waals surface area contributed by atoms with Gasteiger partial charge in [0.1, 0.15) is 13.2 Å². The van der Waals surface area contributed by atoms with E-state index < -0.39 is 36.4 Å². The summed E-state index contributed by atoms with van der Waals surface area (Å²) in [5.74, 6) is -3.41. The Kier molecular flexibility index (Phi) is 3.25. The van der Waals surface area contributed by atoms with Crippen molar-refractivity contribution < 1.29 is 34.1 Å². The second-order valence-electron chi connectivity index (χ2n) is 3.13. The van der Waals surface area contributed by atoms with Crippen molar-refractivity contribution in [2.75, 3.05) is 13.2 Å². The van der Waals surface area contributed by atoms with Gasteiger partial charge in [-0.3, -0.25) is 9.59 Å².